The van der Waals surface area contributed by atoms with Crippen molar-refractivity contribution in [2.45, 2.75) is 31.4 Å². The number of likely N-dealkylation sites (tertiary alicyclic amines) is 1. The van der Waals surface area contributed by atoms with Gasteiger partial charge < -0.3 is 15.2 Å². The van der Waals surface area contributed by atoms with Gasteiger partial charge in [-0.3, -0.25) is 4.90 Å². The molecule has 0 aliphatic carbocycles. The van der Waals surface area contributed by atoms with Gasteiger partial charge in [-0.1, -0.05) is 18.2 Å². The second kappa shape index (κ2) is 7.04. The average Bonchev–Trinajstić information content (AvgIpc) is 2.56. The summed E-state index contributed by atoms with van der Waals surface area (Å²) in [6.07, 6.45) is 4.51. The van der Waals surface area contributed by atoms with Crippen LogP contribution in [0.2, 0.25) is 0 Å². The Morgan fingerprint density at radius 1 is 1.48 bits per heavy atom. The molecule has 0 spiro atoms. The number of rotatable bonds is 5. The Balaban J connectivity index is 1.68. The van der Waals surface area contributed by atoms with E-state index >= 15 is 0 Å². The standard InChI is InChI=1S/C19H28N2O2/c1-3-4-16-11-15(5-6-18(16)23-2)13-21-10-8-19(22)7-9-20-12-17(19)14-21/h3,5-6,11,17,20,22H,1,4,7-10,12-14H2,2H3/t17-,19-/m0/s1. The van der Waals surface area contributed by atoms with E-state index < -0.39 is 5.60 Å². The van der Waals surface area contributed by atoms with Crippen LogP contribution in [0.25, 0.3) is 0 Å². The van der Waals surface area contributed by atoms with Gasteiger partial charge in [-0.05, 0) is 43.0 Å². The third-order valence-electron chi connectivity index (χ3n) is 5.34. The summed E-state index contributed by atoms with van der Waals surface area (Å²) in [5, 5.41) is 14.2. The van der Waals surface area contributed by atoms with Crippen molar-refractivity contribution in [2.24, 2.45) is 5.92 Å². The average molecular weight is 316 g/mol. The first-order chi connectivity index (χ1) is 11.1. The van der Waals surface area contributed by atoms with Gasteiger partial charge in [0.05, 0.1) is 12.7 Å². The SMILES string of the molecule is C=CCc1cc(CN2CC[C@@]3(O)CCNC[C@H]3C2)ccc1OC. The van der Waals surface area contributed by atoms with Crippen LogP contribution in [-0.4, -0.2) is 48.9 Å². The van der Waals surface area contributed by atoms with Crippen LogP contribution >= 0.6 is 0 Å². The van der Waals surface area contributed by atoms with Crippen molar-refractivity contribution in [1.82, 2.24) is 10.2 Å². The summed E-state index contributed by atoms with van der Waals surface area (Å²) >= 11 is 0. The highest BCUT2D eigenvalue weighted by Gasteiger charge is 2.42. The van der Waals surface area contributed by atoms with Crippen LogP contribution in [0.1, 0.15) is 24.0 Å². The molecule has 0 radical (unpaired) electrons. The molecule has 2 saturated heterocycles. The molecule has 2 N–H and O–H groups in total. The predicted octanol–water partition coefficient (Wildman–Crippen LogP) is 1.97. The molecule has 23 heavy (non-hydrogen) atoms. The van der Waals surface area contributed by atoms with Crippen LogP contribution in [0.5, 0.6) is 5.75 Å². The second-order valence-corrected chi connectivity index (χ2v) is 6.88. The van der Waals surface area contributed by atoms with Gasteiger partial charge in [-0.25, -0.2) is 0 Å². The molecule has 4 nitrogen and oxygen atoms in total. The molecule has 0 unspecified atom stereocenters. The van der Waals surface area contributed by atoms with Gasteiger partial charge in [-0.15, -0.1) is 6.58 Å². The number of fused-ring (bicyclic) bond motifs is 1. The number of hydrogen-bond acceptors (Lipinski definition) is 4. The van der Waals surface area contributed by atoms with E-state index in [9.17, 15) is 5.11 Å². The summed E-state index contributed by atoms with van der Waals surface area (Å²) in [5.74, 6) is 1.27. The minimum absolute atomic E-state index is 0.343. The zero-order valence-electron chi connectivity index (χ0n) is 14.1. The lowest BCUT2D eigenvalue weighted by atomic mass is 9.76. The molecule has 2 atom stereocenters. The number of ether oxygens (including phenoxy) is 1. The Morgan fingerprint density at radius 2 is 2.35 bits per heavy atom. The van der Waals surface area contributed by atoms with Crippen molar-refractivity contribution < 1.29 is 9.84 Å². The van der Waals surface area contributed by atoms with E-state index in [0.717, 1.165) is 57.7 Å². The normalized spacial score (nSPS) is 28.2. The monoisotopic (exact) mass is 316 g/mol. The molecular formula is C19H28N2O2. The predicted molar refractivity (Wildman–Crippen MR) is 92.7 cm³/mol. The van der Waals surface area contributed by atoms with E-state index in [2.05, 4.69) is 35.0 Å². The molecule has 2 aliphatic rings. The molecule has 0 aromatic heterocycles. The van der Waals surface area contributed by atoms with Gasteiger partial charge in [-0.2, -0.15) is 0 Å². The molecule has 1 aromatic carbocycles. The maximum absolute atomic E-state index is 10.8. The zero-order valence-corrected chi connectivity index (χ0v) is 14.1. The first-order valence-electron chi connectivity index (χ1n) is 8.57. The number of piperidine rings is 2. The van der Waals surface area contributed by atoms with Crippen molar-refractivity contribution in [1.29, 1.82) is 0 Å². The van der Waals surface area contributed by atoms with E-state index in [0.29, 0.717) is 5.92 Å². The van der Waals surface area contributed by atoms with E-state index in [1.54, 1.807) is 7.11 Å². The van der Waals surface area contributed by atoms with Gasteiger partial charge in [0.25, 0.3) is 0 Å². The summed E-state index contributed by atoms with van der Waals surface area (Å²) < 4.78 is 5.42. The lowest BCUT2D eigenvalue weighted by Crippen LogP contribution is -2.58. The van der Waals surface area contributed by atoms with Gasteiger partial charge in [0, 0.05) is 32.1 Å². The quantitative estimate of drug-likeness (QED) is 0.815. The minimum Gasteiger partial charge on any atom is -0.496 e. The molecule has 2 heterocycles. The smallest absolute Gasteiger partial charge is 0.122 e. The summed E-state index contributed by atoms with van der Waals surface area (Å²) in [7, 11) is 1.71. The van der Waals surface area contributed by atoms with E-state index in [-0.39, 0.29) is 0 Å². The fourth-order valence-corrected chi connectivity index (χ4v) is 3.94. The van der Waals surface area contributed by atoms with E-state index in [4.69, 9.17) is 4.74 Å². The number of nitrogens with one attached hydrogen (secondary N) is 1. The number of nitrogens with zero attached hydrogens (tertiary/aromatic N) is 1. The van der Waals surface area contributed by atoms with Crippen LogP contribution in [0, 0.1) is 5.92 Å². The summed E-state index contributed by atoms with van der Waals surface area (Å²) in [5.41, 5.74) is 2.04. The fraction of sp³-hybridized carbons (Fsp3) is 0.579. The number of methoxy groups -OCH3 is 1. The molecular weight excluding hydrogens is 288 g/mol. The van der Waals surface area contributed by atoms with Crippen LogP contribution in [0.15, 0.2) is 30.9 Å². The van der Waals surface area contributed by atoms with Crippen molar-refractivity contribution >= 4 is 0 Å². The fourth-order valence-electron chi connectivity index (χ4n) is 3.94. The number of hydrogen-bond donors (Lipinski definition) is 2. The van der Waals surface area contributed by atoms with Gasteiger partial charge in [0.1, 0.15) is 5.75 Å². The first-order valence-corrected chi connectivity index (χ1v) is 8.57. The highest BCUT2D eigenvalue weighted by molar-refractivity contribution is 5.38. The Labute approximate surface area is 139 Å². The van der Waals surface area contributed by atoms with Crippen LogP contribution in [0.4, 0.5) is 0 Å². The summed E-state index contributed by atoms with van der Waals surface area (Å²) in [4.78, 5) is 2.46. The first kappa shape index (κ1) is 16.5. The van der Waals surface area contributed by atoms with Gasteiger partial charge in [0.15, 0.2) is 0 Å². The van der Waals surface area contributed by atoms with Crippen LogP contribution in [0.3, 0.4) is 0 Å². The van der Waals surface area contributed by atoms with Crippen molar-refractivity contribution in [3.05, 3.63) is 42.0 Å². The highest BCUT2D eigenvalue weighted by Crippen LogP contribution is 2.33. The Bertz CT molecular complexity index is 560. The lowest BCUT2D eigenvalue weighted by Gasteiger charge is -2.47. The van der Waals surface area contributed by atoms with Crippen molar-refractivity contribution in [3.63, 3.8) is 0 Å². The van der Waals surface area contributed by atoms with Crippen LogP contribution < -0.4 is 10.1 Å². The van der Waals surface area contributed by atoms with Crippen LogP contribution in [-0.2, 0) is 13.0 Å². The van der Waals surface area contributed by atoms with Gasteiger partial charge in [0.2, 0.25) is 0 Å². The van der Waals surface area contributed by atoms with E-state index in [1.165, 1.54) is 11.1 Å². The highest BCUT2D eigenvalue weighted by atomic mass is 16.5. The molecule has 0 saturated carbocycles. The third-order valence-corrected chi connectivity index (χ3v) is 5.34. The third kappa shape index (κ3) is 3.60. The number of benzene rings is 1. The number of aliphatic hydroxyl groups is 1. The lowest BCUT2D eigenvalue weighted by molar-refractivity contribution is -0.0899. The zero-order chi connectivity index (χ0) is 16.3. The number of allylic oxidation sites excluding steroid dienone is 1. The Morgan fingerprint density at radius 3 is 3.13 bits per heavy atom. The molecule has 3 rings (SSSR count). The largest absolute Gasteiger partial charge is 0.496 e. The molecule has 126 valence electrons. The molecule has 2 fully saturated rings. The van der Waals surface area contributed by atoms with Crippen molar-refractivity contribution in [2.75, 3.05) is 33.3 Å². The maximum Gasteiger partial charge on any atom is 0.122 e. The van der Waals surface area contributed by atoms with Gasteiger partial charge >= 0.3 is 0 Å². The topological polar surface area (TPSA) is 44.7 Å². The molecule has 0 amide bonds. The molecule has 2 aliphatic heterocycles. The Kier molecular flexibility index (Phi) is 5.05. The molecule has 4 heteroatoms. The molecule has 0 bridgehead atoms. The Hall–Kier alpha value is -1.36. The minimum atomic E-state index is -0.449. The summed E-state index contributed by atoms with van der Waals surface area (Å²) in [6, 6.07) is 6.42. The second-order valence-electron chi connectivity index (χ2n) is 6.88. The molecule has 1 aromatic rings. The summed E-state index contributed by atoms with van der Waals surface area (Å²) in [6.45, 7) is 8.56. The van der Waals surface area contributed by atoms with Crippen molar-refractivity contribution in [3.8, 4) is 5.75 Å². The van der Waals surface area contributed by atoms with E-state index in [1.807, 2.05) is 6.08 Å². The maximum atomic E-state index is 10.8.